The molecule has 222 valence electrons. The zero-order chi connectivity index (χ0) is 27.2. The molecule has 0 bridgehead atoms. The summed E-state index contributed by atoms with van der Waals surface area (Å²) >= 11 is 0. The molecule has 2 nitrogen and oxygen atoms in total. The summed E-state index contributed by atoms with van der Waals surface area (Å²) in [6.45, 7) is 9.56. The van der Waals surface area contributed by atoms with Gasteiger partial charge in [0, 0.05) is 0 Å². The molecule has 0 aliphatic carbocycles. The monoisotopic (exact) mass is 523 g/mol. The van der Waals surface area contributed by atoms with Gasteiger partial charge in [-0.3, -0.25) is 4.79 Å². The topological polar surface area (TPSA) is 26.3 Å². The number of carbonyl (C=O) groups is 1. The van der Waals surface area contributed by atoms with Crippen molar-refractivity contribution in [2.24, 2.45) is 11.8 Å². The van der Waals surface area contributed by atoms with Gasteiger partial charge < -0.3 is 4.74 Å². The van der Waals surface area contributed by atoms with Gasteiger partial charge in [0.2, 0.25) is 0 Å². The second kappa shape index (κ2) is 30.0. The fourth-order valence-electron chi connectivity index (χ4n) is 5.48. The highest BCUT2D eigenvalue weighted by Crippen LogP contribution is 2.20. The molecule has 0 saturated carbocycles. The van der Waals surface area contributed by atoms with Crippen LogP contribution in [0.5, 0.6) is 0 Å². The van der Waals surface area contributed by atoms with Gasteiger partial charge in [0.25, 0.3) is 0 Å². The summed E-state index contributed by atoms with van der Waals surface area (Å²) < 4.78 is 5.82. The SMILES string of the molecule is CCCCCCCCCCCCCCCCC(C)C(=O)OCC(CCCC)CCCCCCCCCC. The molecule has 0 aromatic carbocycles. The van der Waals surface area contributed by atoms with Crippen LogP contribution in [0, 0.1) is 11.8 Å². The number of ether oxygens (including phenoxy) is 1. The van der Waals surface area contributed by atoms with E-state index >= 15 is 0 Å². The van der Waals surface area contributed by atoms with Crippen molar-refractivity contribution in [2.45, 2.75) is 201 Å². The molecule has 0 aromatic heterocycles. The van der Waals surface area contributed by atoms with Crippen LogP contribution in [0.3, 0.4) is 0 Å². The lowest BCUT2D eigenvalue weighted by molar-refractivity contribution is -0.149. The van der Waals surface area contributed by atoms with Crippen molar-refractivity contribution >= 4 is 5.97 Å². The molecule has 2 heteroatoms. The average molecular weight is 523 g/mol. The van der Waals surface area contributed by atoms with Gasteiger partial charge in [0.05, 0.1) is 12.5 Å². The Balaban J connectivity index is 3.72. The maximum absolute atomic E-state index is 12.6. The Morgan fingerprint density at radius 2 is 0.784 bits per heavy atom. The molecule has 0 amide bonds. The van der Waals surface area contributed by atoms with Crippen molar-refractivity contribution in [3.8, 4) is 0 Å². The third-order valence-electron chi connectivity index (χ3n) is 8.29. The Labute approximate surface area is 234 Å². The van der Waals surface area contributed by atoms with Crippen LogP contribution in [0.4, 0.5) is 0 Å². The molecular formula is C35H70O2. The van der Waals surface area contributed by atoms with E-state index in [4.69, 9.17) is 4.74 Å². The van der Waals surface area contributed by atoms with Crippen LogP contribution in [-0.2, 0) is 9.53 Å². The zero-order valence-corrected chi connectivity index (χ0v) is 26.3. The summed E-state index contributed by atoms with van der Waals surface area (Å²) in [7, 11) is 0. The number of hydrogen-bond donors (Lipinski definition) is 0. The molecule has 0 heterocycles. The van der Waals surface area contributed by atoms with Crippen molar-refractivity contribution in [3.05, 3.63) is 0 Å². The summed E-state index contributed by atoms with van der Waals surface area (Å²) in [6.07, 6.45) is 36.2. The first-order valence-electron chi connectivity index (χ1n) is 17.3. The van der Waals surface area contributed by atoms with Gasteiger partial charge in [0.1, 0.15) is 0 Å². The van der Waals surface area contributed by atoms with E-state index in [1.807, 2.05) is 0 Å². The van der Waals surface area contributed by atoms with Gasteiger partial charge in [-0.2, -0.15) is 0 Å². The van der Waals surface area contributed by atoms with Gasteiger partial charge in [0.15, 0.2) is 0 Å². The molecule has 0 aliphatic heterocycles. The standard InChI is InChI=1S/C35H70O2/c1-5-8-11-13-15-17-18-19-20-21-22-23-25-27-29-33(4)35(36)37-32-34(30-10-7-3)31-28-26-24-16-14-12-9-6-2/h33-34H,5-32H2,1-4H3. The number of esters is 1. The first-order chi connectivity index (χ1) is 18.2. The average Bonchev–Trinajstić information content (AvgIpc) is 2.91. The molecule has 0 aromatic rings. The minimum absolute atomic E-state index is 0.0483. The summed E-state index contributed by atoms with van der Waals surface area (Å²) in [5.41, 5.74) is 0. The lowest BCUT2D eigenvalue weighted by Crippen LogP contribution is -2.19. The minimum atomic E-state index is 0.0483. The molecule has 2 atom stereocenters. The largest absolute Gasteiger partial charge is 0.465 e. The van der Waals surface area contributed by atoms with E-state index in [0.717, 1.165) is 6.42 Å². The molecule has 0 fully saturated rings. The molecule has 0 saturated heterocycles. The first-order valence-corrected chi connectivity index (χ1v) is 17.3. The Morgan fingerprint density at radius 3 is 1.19 bits per heavy atom. The Kier molecular flexibility index (Phi) is 29.6. The predicted octanol–water partition coefficient (Wildman–Crippen LogP) is 12.4. The normalized spacial score (nSPS) is 13.1. The summed E-state index contributed by atoms with van der Waals surface area (Å²) in [5.74, 6) is 0.677. The fourth-order valence-corrected chi connectivity index (χ4v) is 5.48. The molecule has 0 radical (unpaired) electrons. The maximum Gasteiger partial charge on any atom is 0.308 e. The van der Waals surface area contributed by atoms with E-state index in [9.17, 15) is 4.79 Å². The number of carbonyl (C=O) groups excluding carboxylic acids is 1. The van der Waals surface area contributed by atoms with Crippen molar-refractivity contribution in [3.63, 3.8) is 0 Å². The van der Waals surface area contributed by atoms with Crippen LogP contribution in [0.1, 0.15) is 201 Å². The second-order valence-corrected chi connectivity index (χ2v) is 12.2. The van der Waals surface area contributed by atoms with Crippen molar-refractivity contribution in [1.29, 1.82) is 0 Å². The highest BCUT2D eigenvalue weighted by molar-refractivity contribution is 5.71. The first kappa shape index (κ1) is 36.5. The van der Waals surface area contributed by atoms with Gasteiger partial charge in [-0.25, -0.2) is 0 Å². The molecule has 2 unspecified atom stereocenters. The van der Waals surface area contributed by atoms with Crippen LogP contribution in [-0.4, -0.2) is 12.6 Å². The van der Waals surface area contributed by atoms with E-state index in [1.165, 1.54) is 167 Å². The van der Waals surface area contributed by atoms with Crippen molar-refractivity contribution in [1.82, 2.24) is 0 Å². The van der Waals surface area contributed by atoms with Crippen LogP contribution < -0.4 is 0 Å². The van der Waals surface area contributed by atoms with E-state index in [1.54, 1.807) is 0 Å². The Hall–Kier alpha value is -0.530. The van der Waals surface area contributed by atoms with Crippen LogP contribution in [0.2, 0.25) is 0 Å². The number of rotatable bonds is 30. The predicted molar refractivity (Wildman–Crippen MR) is 165 cm³/mol. The lowest BCUT2D eigenvalue weighted by Gasteiger charge is -2.18. The summed E-state index contributed by atoms with van der Waals surface area (Å²) in [4.78, 5) is 12.6. The maximum atomic E-state index is 12.6. The third-order valence-corrected chi connectivity index (χ3v) is 8.29. The molecule has 0 N–H and O–H groups in total. The molecule has 0 rings (SSSR count). The summed E-state index contributed by atoms with van der Waals surface area (Å²) in [5, 5.41) is 0. The zero-order valence-electron chi connectivity index (χ0n) is 26.3. The number of hydrogen-bond acceptors (Lipinski definition) is 2. The van der Waals surface area contributed by atoms with Crippen molar-refractivity contribution < 1.29 is 9.53 Å². The number of unbranched alkanes of at least 4 members (excludes halogenated alkanes) is 21. The smallest absolute Gasteiger partial charge is 0.308 e. The van der Waals surface area contributed by atoms with Crippen LogP contribution in [0.25, 0.3) is 0 Å². The third kappa shape index (κ3) is 26.8. The highest BCUT2D eigenvalue weighted by atomic mass is 16.5. The minimum Gasteiger partial charge on any atom is -0.465 e. The quantitative estimate of drug-likeness (QED) is 0.0692. The van der Waals surface area contributed by atoms with Gasteiger partial charge >= 0.3 is 5.97 Å². The Morgan fingerprint density at radius 1 is 0.459 bits per heavy atom. The van der Waals surface area contributed by atoms with Crippen molar-refractivity contribution in [2.75, 3.05) is 6.61 Å². The van der Waals surface area contributed by atoms with Gasteiger partial charge in [-0.05, 0) is 25.2 Å². The fraction of sp³-hybridized carbons (Fsp3) is 0.971. The van der Waals surface area contributed by atoms with E-state index < -0.39 is 0 Å². The molecule has 0 spiro atoms. The highest BCUT2D eigenvalue weighted by Gasteiger charge is 2.17. The van der Waals surface area contributed by atoms with Crippen LogP contribution in [0.15, 0.2) is 0 Å². The Bertz CT molecular complexity index is 447. The van der Waals surface area contributed by atoms with Gasteiger partial charge in [-0.15, -0.1) is 0 Å². The van der Waals surface area contributed by atoms with E-state index in [-0.39, 0.29) is 11.9 Å². The molecular weight excluding hydrogens is 452 g/mol. The summed E-state index contributed by atoms with van der Waals surface area (Å²) in [6, 6.07) is 0. The van der Waals surface area contributed by atoms with E-state index in [0.29, 0.717) is 12.5 Å². The molecule has 0 aliphatic rings. The van der Waals surface area contributed by atoms with Gasteiger partial charge in [-0.1, -0.05) is 182 Å². The molecule has 37 heavy (non-hydrogen) atoms. The lowest BCUT2D eigenvalue weighted by atomic mass is 9.95. The van der Waals surface area contributed by atoms with Crippen LogP contribution >= 0.6 is 0 Å². The van der Waals surface area contributed by atoms with E-state index in [2.05, 4.69) is 27.7 Å². The second-order valence-electron chi connectivity index (χ2n) is 12.2.